The molecule has 13 nitrogen and oxygen atoms in total. The Labute approximate surface area is 222 Å². The van der Waals surface area contributed by atoms with E-state index in [0.29, 0.717) is 24.9 Å². The van der Waals surface area contributed by atoms with Crippen LogP contribution in [0.4, 0.5) is 0 Å². The summed E-state index contributed by atoms with van der Waals surface area (Å²) in [5.74, 6) is -5.19. The maximum atomic E-state index is 13.0. The van der Waals surface area contributed by atoms with Crippen molar-refractivity contribution in [3.05, 3.63) is 35.1 Å². The Kier molecular flexibility index (Phi) is 6.35. The summed E-state index contributed by atoms with van der Waals surface area (Å²) >= 11 is 0. The third-order valence-corrected chi connectivity index (χ3v) is 8.26. The minimum absolute atomic E-state index is 0.0708. The first-order valence-corrected chi connectivity index (χ1v) is 12.5. The highest BCUT2D eigenvalue weighted by Crippen LogP contribution is 2.65. The Balaban J connectivity index is 1.40. The van der Waals surface area contributed by atoms with Gasteiger partial charge in [0.1, 0.15) is 5.76 Å². The minimum atomic E-state index is -2.42. The van der Waals surface area contributed by atoms with Crippen LogP contribution in [0.15, 0.2) is 24.0 Å². The number of hydrogen-bond acceptors (Lipinski definition) is 12. The van der Waals surface area contributed by atoms with E-state index >= 15 is 0 Å². The molecule has 4 aliphatic rings. The Bertz CT molecular complexity index is 1290. The SMILES string of the molecule is CC(=O)O[C@@H](C(=O)O[C@@H](C)C(=O)OC1=CC[C@@]2(O)[C@H]3Cc4ccc(O)c5c4[C@@]2(CCN3C)[C@H]1O5)[C@@H](O)C(=O)O. The van der Waals surface area contributed by atoms with Gasteiger partial charge in [-0.15, -0.1) is 0 Å². The van der Waals surface area contributed by atoms with Crippen LogP contribution in [-0.2, 0) is 45.2 Å². The number of aliphatic carboxylic acids is 1. The number of aromatic hydroxyl groups is 1. The van der Waals surface area contributed by atoms with Crippen molar-refractivity contribution < 1.29 is 58.6 Å². The average molecular weight is 548 g/mol. The maximum Gasteiger partial charge on any atom is 0.352 e. The number of carbonyl (C=O) groups is 4. The van der Waals surface area contributed by atoms with Gasteiger partial charge in [-0.3, -0.25) is 4.79 Å². The van der Waals surface area contributed by atoms with E-state index in [1.807, 2.05) is 13.1 Å². The van der Waals surface area contributed by atoms with Crippen molar-refractivity contribution in [1.82, 2.24) is 4.90 Å². The summed E-state index contributed by atoms with van der Waals surface area (Å²) in [5, 5.41) is 41.5. The van der Waals surface area contributed by atoms with Crippen molar-refractivity contribution in [2.45, 2.75) is 74.6 Å². The van der Waals surface area contributed by atoms with E-state index in [-0.39, 0.29) is 29.7 Å². The Morgan fingerprint density at radius 1 is 1.18 bits per heavy atom. The summed E-state index contributed by atoms with van der Waals surface area (Å²) in [6, 6.07) is 3.10. The van der Waals surface area contributed by atoms with Crippen molar-refractivity contribution in [3.63, 3.8) is 0 Å². The quantitative estimate of drug-likeness (QED) is 0.253. The molecule has 39 heavy (non-hydrogen) atoms. The zero-order chi connectivity index (χ0) is 28.4. The van der Waals surface area contributed by atoms with Crippen molar-refractivity contribution in [2.24, 2.45) is 0 Å². The first kappa shape index (κ1) is 26.9. The zero-order valence-electron chi connectivity index (χ0n) is 21.4. The number of aliphatic hydroxyl groups is 2. The molecule has 210 valence electrons. The smallest absolute Gasteiger partial charge is 0.352 e. The number of phenolic OH excluding ortho intramolecular Hbond substituents is 1. The lowest BCUT2D eigenvalue weighted by Crippen LogP contribution is -2.74. The Hall–Kier alpha value is -3.68. The molecule has 1 aromatic rings. The van der Waals surface area contributed by atoms with Crippen molar-refractivity contribution >= 4 is 23.9 Å². The molecule has 0 amide bonds. The van der Waals surface area contributed by atoms with Gasteiger partial charge in [-0.25, -0.2) is 14.4 Å². The van der Waals surface area contributed by atoms with E-state index in [4.69, 9.17) is 19.3 Å². The molecule has 2 bridgehead atoms. The average Bonchev–Trinajstić information content (AvgIpc) is 3.23. The number of likely N-dealkylation sites (tertiary alicyclic amines) is 1. The number of likely N-dealkylation sites (N-methyl/N-ethyl adjacent to an activating group) is 1. The van der Waals surface area contributed by atoms with E-state index in [1.165, 1.54) is 6.07 Å². The van der Waals surface area contributed by atoms with Crippen LogP contribution in [0.2, 0.25) is 0 Å². The van der Waals surface area contributed by atoms with Gasteiger partial charge >= 0.3 is 23.9 Å². The number of piperidine rings is 1. The van der Waals surface area contributed by atoms with Gasteiger partial charge in [-0.05, 0) is 51.1 Å². The molecule has 2 aliphatic carbocycles. The lowest BCUT2D eigenvalue weighted by Gasteiger charge is -2.61. The summed E-state index contributed by atoms with van der Waals surface area (Å²) in [5.41, 5.74) is -0.640. The van der Waals surface area contributed by atoms with Gasteiger partial charge in [0.05, 0.1) is 11.0 Å². The molecular formula is C26H29NO12. The Morgan fingerprint density at radius 3 is 2.56 bits per heavy atom. The molecule has 4 N–H and O–H groups in total. The van der Waals surface area contributed by atoms with Crippen molar-refractivity contribution in [1.29, 1.82) is 0 Å². The third-order valence-electron chi connectivity index (χ3n) is 8.26. The Morgan fingerprint density at radius 2 is 1.90 bits per heavy atom. The molecule has 0 radical (unpaired) electrons. The van der Waals surface area contributed by atoms with Crippen LogP contribution in [0.1, 0.15) is 37.8 Å². The number of phenols is 1. The van der Waals surface area contributed by atoms with Crippen LogP contribution < -0.4 is 4.74 Å². The predicted molar refractivity (Wildman–Crippen MR) is 127 cm³/mol. The van der Waals surface area contributed by atoms with E-state index in [0.717, 1.165) is 19.4 Å². The fourth-order valence-electron chi connectivity index (χ4n) is 6.48. The van der Waals surface area contributed by atoms with Crippen LogP contribution in [0.3, 0.4) is 0 Å². The molecule has 13 heteroatoms. The minimum Gasteiger partial charge on any atom is -0.504 e. The summed E-state index contributed by atoms with van der Waals surface area (Å²) in [4.78, 5) is 50.0. The molecule has 2 heterocycles. The van der Waals surface area contributed by atoms with Gasteiger partial charge in [0.15, 0.2) is 29.8 Å². The number of rotatable bonds is 7. The number of ether oxygens (including phenoxy) is 4. The van der Waals surface area contributed by atoms with Gasteiger partial charge in [0.25, 0.3) is 0 Å². The van der Waals surface area contributed by atoms with Gasteiger partial charge in [0.2, 0.25) is 6.10 Å². The van der Waals surface area contributed by atoms with E-state index in [9.17, 15) is 34.5 Å². The molecule has 1 aromatic carbocycles. The van der Waals surface area contributed by atoms with Gasteiger partial charge < -0.3 is 44.3 Å². The highest BCUT2D eigenvalue weighted by molar-refractivity contribution is 5.88. The molecule has 0 unspecified atom stereocenters. The first-order valence-electron chi connectivity index (χ1n) is 12.5. The normalized spacial score (nSPS) is 30.5. The van der Waals surface area contributed by atoms with Crippen LogP contribution in [0, 0.1) is 0 Å². The molecule has 1 spiro atoms. The van der Waals surface area contributed by atoms with Gasteiger partial charge in [-0.1, -0.05) is 6.07 Å². The van der Waals surface area contributed by atoms with E-state index in [2.05, 4.69) is 9.64 Å². The summed E-state index contributed by atoms with van der Waals surface area (Å²) in [6.07, 6.45) is -4.48. The molecule has 7 atom stereocenters. The molecule has 0 aromatic heterocycles. The first-order chi connectivity index (χ1) is 18.3. The highest BCUT2D eigenvalue weighted by Gasteiger charge is 2.72. The number of hydrogen-bond donors (Lipinski definition) is 4. The lowest BCUT2D eigenvalue weighted by molar-refractivity contribution is -0.188. The van der Waals surface area contributed by atoms with Crippen molar-refractivity contribution in [2.75, 3.05) is 13.6 Å². The van der Waals surface area contributed by atoms with Crippen LogP contribution in [0.25, 0.3) is 0 Å². The maximum absolute atomic E-state index is 13.0. The second-order valence-corrected chi connectivity index (χ2v) is 10.4. The summed E-state index contributed by atoms with van der Waals surface area (Å²) in [6.45, 7) is 2.70. The standard InChI is InChI=1S/C26H29NO12/c1-11(36-24(34)20(37-12(2)28)18(30)22(31)32)23(33)38-15-6-7-26(35)16-10-13-4-5-14(29)19-17(13)25(26,21(15)39-19)8-9-27(16)3/h4-6,11,16,18,20-21,29-30,35H,7-10H2,1-3H3,(H,31,32)/t11-,16+,18+,20+,21-,25-,26+/m0/s1. The number of carbonyl (C=O) groups excluding carboxylic acids is 3. The fourth-order valence-corrected chi connectivity index (χ4v) is 6.48. The summed E-state index contributed by atoms with van der Waals surface area (Å²) < 4.78 is 21.3. The second-order valence-electron chi connectivity index (χ2n) is 10.4. The third kappa shape index (κ3) is 3.86. The molecular weight excluding hydrogens is 518 g/mol. The largest absolute Gasteiger partial charge is 0.504 e. The fraction of sp³-hybridized carbons (Fsp3) is 0.538. The summed E-state index contributed by atoms with van der Waals surface area (Å²) in [7, 11) is 1.94. The monoisotopic (exact) mass is 547 g/mol. The van der Waals surface area contributed by atoms with Gasteiger partial charge in [0, 0.05) is 24.9 Å². The number of nitrogens with zero attached hydrogens (tertiary/aromatic N) is 1. The number of benzene rings is 1. The van der Waals surface area contributed by atoms with Gasteiger partial charge in [-0.2, -0.15) is 0 Å². The predicted octanol–water partition coefficient (Wildman–Crippen LogP) is -0.478. The van der Waals surface area contributed by atoms with Crippen LogP contribution in [-0.4, -0.2) is 98.9 Å². The zero-order valence-corrected chi connectivity index (χ0v) is 21.4. The topological polar surface area (TPSA) is 189 Å². The number of aliphatic hydroxyl groups excluding tert-OH is 1. The molecule has 1 fully saturated rings. The number of esters is 3. The van der Waals surface area contributed by atoms with E-state index in [1.54, 1.807) is 6.08 Å². The van der Waals surface area contributed by atoms with Crippen LogP contribution >= 0.6 is 0 Å². The van der Waals surface area contributed by atoms with Crippen molar-refractivity contribution in [3.8, 4) is 11.5 Å². The highest BCUT2D eigenvalue weighted by atomic mass is 16.6. The molecule has 0 saturated carbocycles. The molecule has 2 aliphatic heterocycles. The van der Waals surface area contributed by atoms with E-state index < -0.39 is 59.3 Å². The number of carboxylic acid groups (broad SMARTS) is 1. The number of carboxylic acids is 1. The molecule has 1 saturated heterocycles. The van der Waals surface area contributed by atoms with Crippen LogP contribution in [0.5, 0.6) is 11.5 Å². The second kappa shape index (κ2) is 9.21. The lowest BCUT2D eigenvalue weighted by atomic mass is 9.50. The molecule has 5 rings (SSSR count).